The number of alkyl halides is 1. The second-order valence-electron chi connectivity index (χ2n) is 5.20. The van der Waals surface area contributed by atoms with Crippen LogP contribution in [0, 0.1) is 6.92 Å². The minimum Gasteiger partial charge on any atom is -0.492 e. The van der Waals surface area contributed by atoms with Crippen molar-refractivity contribution in [1.29, 1.82) is 0 Å². The molecule has 112 valence electrons. The Morgan fingerprint density at radius 2 is 1.81 bits per heavy atom. The number of rotatable bonds is 6. The molecule has 1 nitrogen and oxygen atoms in total. The van der Waals surface area contributed by atoms with E-state index in [9.17, 15) is 0 Å². The van der Waals surface area contributed by atoms with Crippen LogP contribution < -0.4 is 4.74 Å². The first-order valence-electron chi connectivity index (χ1n) is 7.22. The molecule has 1 atom stereocenters. The molecule has 0 saturated heterocycles. The molecule has 0 N–H and O–H groups in total. The first kappa shape index (κ1) is 16.6. The smallest absolute Gasteiger partial charge is 0.133 e. The van der Waals surface area contributed by atoms with Crippen molar-refractivity contribution in [1.82, 2.24) is 0 Å². The van der Waals surface area contributed by atoms with Gasteiger partial charge in [0.15, 0.2) is 0 Å². The lowest BCUT2D eigenvalue weighted by Crippen LogP contribution is -1.99. The third-order valence-electron chi connectivity index (χ3n) is 3.31. The van der Waals surface area contributed by atoms with Gasteiger partial charge in [0.25, 0.3) is 0 Å². The Balaban J connectivity index is 2.06. The summed E-state index contributed by atoms with van der Waals surface area (Å²) >= 11 is 7.39. The van der Waals surface area contributed by atoms with Gasteiger partial charge in [0.1, 0.15) is 5.75 Å². The van der Waals surface area contributed by atoms with Crippen molar-refractivity contribution in [2.24, 2.45) is 0 Å². The van der Waals surface area contributed by atoms with Crippen molar-refractivity contribution in [3.63, 3.8) is 0 Å². The highest BCUT2D eigenvalue weighted by Crippen LogP contribution is 2.33. The van der Waals surface area contributed by atoms with Gasteiger partial charge in [-0.2, -0.15) is 0 Å². The quantitative estimate of drug-likeness (QED) is 0.512. The molecule has 0 saturated carbocycles. The van der Waals surface area contributed by atoms with Gasteiger partial charge in [-0.25, -0.2) is 0 Å². The molecule has 2 rings (SSSR count). The van der Waals surface area contributed by atoms with Crippen LogP contribution >= 0.6 is 31.9 Å². The average Bonchev–Trinajstić information content (AvgIpc) is 2.48. The summed E-state index contributed by atoms with van der Waals surface area (Å²) in [6, 6.07) is 15.0. The molecule has 21 heavy (non-hydrogen) atoms. The van der Waals surface area contributed by atoms with Gasteiger partial charge in [-0.05, 0) is 59.0 Å². The summed E-state index contributed by atoms with van der Waals surface area (Å²) in [5.74, 6) is 0.913. The number of benzene rings is 2. The Labute approximate surface area is 144 Å². The molecule has 0 heterocycles. The molecule has 0 aliphatic rings. The van der Waals surface area contributed by atoms with Crippen molar-refractivity contribution in [2.45, 2.75) is 31.5 Å². The van der Waals surface area contributed by atoms with E-state index in [2.05, 4.69) is 82.1 Å². The lowest BCUT2D eigenvalue weighted by atomic mass is 10.0. The van der Waals surface area contributed by atoms with E-state index >= 15 is 0 Å². The molecule has 0 fully saturated rings. The van der Waals surface area contributed by atoms with Crippen LogP contribution in [0.25, 0.3) is 0 Å². The van der Waals surface area contributed by atoms with Crippen LogP contribution in [0.2, 0.25) is 0 Å². The minimum atomic E-state index is 0.303. The minimum absolute atomic E-state index is 0.303. The summed E-state index contributed by atoms with van der Waals surface area (Å²) in [4.78, 5) is 0.303. The van der Waals surface area contributed by atoms with Gasteiger partial charge in [0.2, 0.25) is 0 Å². The van der Waals surface area contributed by atoms with E-state index in [1.165, 1.54) is 16.7 Å². The van der Waals surface area contributed by atoms with E-state index in [1.807, 2.05) is 6.07 Å². The van der Waals surface area contributed by atoms with Gasteiger partial charge in [0.05, 0.1) is 11.1 Å². The van der Waals surface area contributed by atoms with Crippen molar-refractivity contribution in [2.75, 3.05) is 6.61 Å². The van der Waals surface area contributed by atoms with E-state index in [4.69, 9.17) is 4.74 Å². The molecule has 0 bridgehead atoms. The molecule has 0 amide bonds. The Morgan fingerprint density at radius 1 is 1.10 bits per heavy atom. The maximum atomic E-state index is 5.69. The highest BCUT2D eigenvalue weighted by molar-refractivity contribution is 9.10. The third-order valence-corrected chi connectivity index (χ3v) is 4.79. The van der Waals surface area contributed by atoms with E-state index < -0.39 is 0 Å². The van der Waals surface area contributed by atoms with Crippen LogP contribution in [0.5, 0.6) is 5.75 Å². The summed E-state index contributed by atoms with van der Waals surface area (Å²) in [6.45, 7) is 4.97. The van der Waals surface area contributed by atoms with E-state index in [0.717, 1.165) is 29.7 Å². The molecule has 0 aliphatic heterocycles. The summed E-state index contributed by atoms with van der Waals surface area (Å²) in [5.41, 5.74) is 3.89. The van der Waals surface area contributed by atoms with Crippen LogP contribution in [0.1, 0.15) is 34.9 Å². The first-order valence-corrected chi connectivity index (χ1v) is 8.93. The van der Waals surface area contributed by atoms with Gasteiger partial charge < -0.3 is 4.74 Å². The van der Waals surface area contributed by atoms with Crippen LogP contribution in [0.4, 0.5) is 0 Å². The lowest BCUT2D eigenvalue weighted by Gasteiger charge is -2.13. The fraction of sp³-hybridized carbons (Fsp3) is 0.333. The maximum Gasteiger partial charge on any atom is 0.133 e. The van der Waals surface area contributed by atoms with Crippen molar-refractivity contribution < 1.29 is 4.74 Å². The van der Waals surface area contributed by atoms with Crippen LogP contribution in [0.15, 0.2) is 46.9 Å². The SMILES string of the molecule is CCCOc1ccc(C(Br)Cc2ccc(C)cc2)cc1Br. The lowest BCUT2D eigenvalue weighted by molar-refractivity contribution is 0.315. The van der Waals surface area contributed by atoms with Crippen LogP contribution in [-0.4, -0.2) is 6.61 Å². The summed E-state index contributed by atoms with van der Waals surface area (Å²) < 4.78 is 6.71. The molecule has 1 unspecified atom stereocenters. The van der Waals surface area contributed by atoms with E-state index in [0.29, 0.717) is 4.83 Å². The van der Waals surface area contributed by atoms with Crippen LogP contribution in [-0.2, 0) is 6.42 Å². The molecule has 2 aromatic carbocycles. The van der Waals surface area contributed by atoms with E-state index in [1.54, 1.807) is 0 Å². The topological polar surface area (TPSA) is 9.23 Å². The Bertz CT molecular complexity index is 578. The molecular weight excluding hydrogens is 392 g/mol. The predicted molar refractivity (Wildman–Crippen MR) is 96.5 cm³/mol. The number of aryl methyl sites for hydroxylation is 1. The second kappa shape index (κ2) is 8.00. The van der Waals surface area contributed by atoms with Crippen molar-refractivity contribution in [3.8, 4) is 5.75 Å². The molecule has 0 spiro atoms. The number of halogens is 2. The second-order valence-corrected chi connectivity index (χ2v) is 7.16. The van der Waals surface area contributed by atoms with Gasteiger partial charge >= 0.3 is 0 Å². The fourth-order valence-electron chi connectivity index (χ4n) is 2.09. The monoisotopic (exact) mass is 410 g/mol. The standard InChI is InChI=1S/C18H20Br2O/c1-3-10-21-18-9-8-15(12-17(18)20)16(19)11-14-6-4-13(2)5-7-14/h4-9,12,16H,3,10-11H2,1-2H3. The summed E-state index contributed by atoms with van der Waals surface area (Å²) in [6.07, 6.45) is 1.99. The third kappa shape index (κ3) is 4.86. The van der Waals surface area contributed by atoms with Gasteiger partial charge in [0, 0.05) is 4.83 Å². The molecule has 0 aromatic heterocycles. The summed E-state index contributed by atoms with van der Waals surface area (Å²) in [7, 11) is 0. The number of hydrogen-bond acceptors (Lipinski definition) is 1. The Kier molecular flexibility index (Phi) is 6.31. The zero-order valence-electron chi connectivity index (χ0n) is 12.4. The normalized spacial score (nSPS) is 12.2. The molecule has 2 aromatic rings. The molecular formula is C18H20Br2O. The highest BCUT2D eigenvalue weighted by Gasteiger charge is 2.11. The highest BCUT2D eigenvalue weighted by atomic mass is 79.9. The Morgan fingerprint density at radius 3 is 2.43 bits per heavy atom. The van der Waals surface area contributed by atoms with Gasteiger partial charge in [-0.1, -0.05) is 58.7 Å². The average molecular weight is 412 g/mol. The Hall–Kier alpha value is -0.800. The molecule has 0 aliphatic carbocycles. The molecule has 3 heteroatoms. The van der Waals surface area contributed by atoms with Crippen molar-refractivity contribution in [3.05, 3.63) is 63.6 Å². The van der Waals surface area contributed by atoms with Gasteiger partial charge in [-0.3, -0.25) is 0 Å². The molecule has 0 radical (unpaired) electrons. The van der Waals surface area contributed by atoms with Crippen molar-refractivity contribution >= 4 is 31.9 Å². The predicted octanol–water partition coefficient (Wildman–Crippen LogP) is 6.23. The van der Waals surface area contributed by atoms with E-state index in [-0.39, 0.29) is 0 Å². The largest absolute Gasteiger partial charge is 0.492 e. The summed E-state index contributed by atoms with van der Waals surface area (Å²) in [5, 5.41) is 0. The van der Waals surface area contributed by atoms with Gasteiger partial charge in [-0.15, -0.1) is 0 Å². The number of hydrogen-bond donors (Lipinski definition) is 0. The zero-order chi connectivity index (χ0) is 15.2. The maximum absolute atomic E-state index is 5.69. The zero-order valence-corrected chi connectivity index (χ0v) is 15.6. The fourth-order valence-corrected chi connectivity index (χ4v) is 3.26. The number of ether oxygens (including phenoxy) is 1. The van der Waals surface area contributed by atoms with Crippen LogP contribution in [0.3, 0.4) is 0 Å². The first-order chi connectivity index (χ1) is 10.1.